The molecule has 0 aliphatic carbocycles. The maximum Gasteiger partial charge on any atom is 0.206 e. The summed E-state index contributed by atoms with van der Waals surface area (Å²) in [4.78, 5) is 4.93. The van der Waals surface area contributed by atoms with Crippen molar-refractivity contribution in [3.63, 3.8) is 0 Å². The molecule has 0 aliphatic rings. The van der Waals surface area contributed by atoms with Crippen LogP contribution in [0.3, 0.4) is 0 Å². The van der Waals surface area contributed by atoms with Gasteiger partial charge in [-0.05, 0) is 31.2 Å². The zero-order valence-electron chi connectivity index (χ0n) is 14.5. The van der Waals surface area contributed by atoms with Crippen LogP contribution in [0.4, 0.5) is 13.2 Å². The molecule has 0 bridgehead atoms. The second-order valence-corrected chi connectivity index (χ2v) is 6.72. The summed E-state index contributed by atoms with van der Waals surface area (Å²) in [5, 5.41) is 6.00. The Morgan fingerprint density at radius 1 is 1.15 bits per heavy atom. The van der Waals surface area contributed by atoms with Crippen LogP contribution < -0.4 is 4.80 Å². The number of thiazole rings is 1. The highest BCUT2D eigenvalue weighted by Gasteiger charge is 2.11. The minimum absolute atomic E-state index is 0.112. The number of halogens is 3. The minimum Gasteiger partial charge on any atom is -0.253 e. The first-order valence-electron chi connectivity index (χ1n) is 8.05. The van der Waals surface area contributed by atoms with E-state index < -0.39 is 17.5 Å². The van der Waals surface area contributed by atoms with E-state index in [4.69, 9.17) is 0 Å². The number of aromatic nitrogens is 1. The molecule has 3 rings (SSSR count). The smallest absolute Gasteiger partial charge is 0.206 e. The fourth-order valence-corrected chi connectivity index (χ4v) is 3.13. The number of nitrogens with zero attached hydrogens (tertiary/aromatic N) is 3. The van der Waals surface area contributed by atoms with Gasteiger partial charge < -0.3 is 0 Å². The van der Waals surface area contributed by atoms with Crippen LogP contribution in [-0.2, 0) is 0 Å². The molecule has 0 unspecified atom stereocenters. The van der Waals surface area contributed by atoms with Gasteiger partial charge in [-0.1, -0.05) is 24.3 Å². The summed E-state index contributed by atoms with van der Waals surface area (Å²) in [7, 11) is 0. The van der Waals surface area contributed by atoms with Crippen molar-refractivity contribution < 1.29 is 13.2 Å². The van der Waals surface area contributed by atoms with Crippen molar-refractivity contribution in [1.82, 2.24) is 4.68 Å². The molecule has 3 nitrogen and oxygen atoms in total. The monoisotopic (exact) mass is 387 g/mol. The fraction of sp³-hybridized carbons (Fsp3) is 0.100. The van der Waals surface area contributed by atoms with E-state index in [1.54, 1.807) is 23.6 Å². The third-order valence-electron chi connectivity index (χ3n) is 3.59. The van der Waals surface area contributed by atoms with Gasteiger partial charge in [-0.15, -0.1) is 11.3 Å². The zero-order chi connectivity index (χ0) is 19.4. The van der Waals surface area contributed by atoms with Crippen LogP contribution in [-0.4, -0.2) is 17.4 Å². The minimum atomic E-state index is -0.734. The lowest BCUT2D eigenvalue weighted by molar-refractivity contribution is 0.582. The maximum atomic E-state index is 14.2. The van der Waals surface area contributed by atoms with Gasteiger partial charge in [0, 0.05) is 22.6 Å². The van der Waals surface area contributed by atoms with Crippen LogP contribution in [0.5, 0.6) is 0 Å². The lowest BCUT2D eigenvalue weighted by Gasteiger charge is -2.05. The average Bonchev–Trinajstić information content (AvgIpc) is 3.02. The molecule has 0 amide bonds. The molecular formula is C20H16F3N3S. The highest BCUT2D eigenvalue weighted by molar-refractivity contribution is 7.07. The largest absolute Gasteiger partial charge is 0.253 e. The molecule has 0 spiro atoms. The molecule has 3 aromatic rings. The Bertz CT molecular complexity index is 1080. The summed E-state index contributed by atoms with van der Waals surface area (Å²) in [6, 6.07) is 9.51. The van der Waals surface area contributed by atoms with Gasteiger partial charge in [0.1, 0.15) is 17.5 Å². The van der Waals surface area contributed by atoms with Crippen LogP contribution in [0.15, 0.2) is 70.1 Å². The van der Waals surface area contributed by atoms with E-state index in [2.05, 4.69) is 16.7 Å². The SMILES string of the molecule is C=C(C)CN=c1scc(-c2ccccc2F)n1N=Cc1ccc(F)cc1F. The Balaban J connectivity index is 2.12. The summed E-state index contributed by atoms with van der Waals surface area (Å²) in [6.07, 6.45) is 1.26. The van der Waals surface area contributed by atoms with Gasteiger partial charge in [0.2, 0.25) is 4.80 Å². The van der Waals surface area contributed by atoms with E-state index in [1.165, 1.54) is 34.4 Å². The van der Waals surface area contributed by atoms with Crippen molar-refractivity contribution in [1.29, 1.82) is 0 Å². The van der Waals surface area contributed by atoms with Crippen LogP contribution >= 0.6 is 11.3 Å². The Morgan fingerprint density at radius 3 is 2.63 bits per heavy atom. The van der Waals surface area contributed by atoms with E-state index in [0.717, 1.165) is 17.7 Å². The Kier molecular flexibility index (Phi) is 5.71. The molecule has 0 aliphatic heterocycles. The standard InChI is InChI=1S/C20H16F3N3S/c1-13(2)10-24-20-26(25-11-14-7-8-15(21)9-18(14)23)19(12-27-20)16-5-3-4-6-17(16)22/h3-9,11-12H,1,10H2,2H3. The van der Waals surface area contributed by atoms with Gasteiger partial charge in [0.05, 0.1) is 18.5 Å². The Morgan fingerprint density at radius 2 is 1.93 bits per heavy atom. The van der Waals surface area contributed by atoms with Crippen LogP contribution in [0, 0.1) is 17.5 Å². The molecule has 0 fully saturated rings. The molecular weight excluding hydrogens is 371 g/mol. The third-order valence-corrected chi connectivity index (χ3v) is 4.45. The molecule has 1 heterocycles. The van der Waals surface area contributed by atoms with E-state index in [0.29, 0.717) is 22.6 Å². The van der Waals surface area contributed by atoms with Gasteiger partial charge in [-0.3, -0.25) is 4.99 Å². The van der Waals surface area contributed by atoms with Crippen molar-refractivity contribution in [2.75, 3.05) is 6.54 Å². The lowest BCUT2D eigenvalue weighted by Crippen LogP contribution is -2.13. The predicted molar refractivity (Wildman–Crippen MR) is 102 cm³/mol. The highest BCUT2D eigenvalue weighted by Crippen LogP contribution is 2.23. The normalized spacial score (nSPS) is 12.1. The number of hydrogen-bond acceptors (Lipinski definition) is 3. The summed E-state index contributed by atoms with van der Waals surface area (Å²) >= 11 is 1.28. The van der Waals surface area contributed by atoms with E-state index in [9.17, 15) is 13.2 Å². The summed E-state index contributed by atoms with van der Waals surface area (Å²) in [5.74, 6) is -1.81. The molecule has 0 radical (unpaired) electrons. The van der Waals surface area contributed by atoms with E-state index in [-0.39, 0.29) is 5.56 Å². The first kappa shape index (κ1) is 18.8. The fourth-order valence-electron chi connectivity index (χ4n) is 2.30. The first-order valence-corrected chi connectivity index (χ1v) is 8.93. The number of hydrogen-bond donors (Lipinski definition) is 0. The van der Waals surface area contributed by atoms with Crippen molar-refractivity contribution in [3.8, 4) is 11.3 Å². The van der Waals surface area contributed by atoms with Gasteiger partial charge >= 0.3 is 0 Å². The Labute approximate surface area is 158 Å². The van der Waals surface area contributed by atoms with E-state index in [1.807, 2.05) is 6.92 Å². The van der Waals surface area contributed by atoms with Gasteiger partial charge in [0.25, 0.3) is 0 Å². The van der Waals surface area contributed by atoms with Crippen molar-refractivity contribution in [2.45, 2.75) is 6.92 Å². The van der Waals surface area contributed by atoms with Crippen molar-refractivity contribution in [2.24, 2.45) is 10.1 Å². The topological polar surface area (TPSA) is 29.6 Å². The second kappa shape index (κ2) is 8.18. The van der Waals surface area contributed by atoms with Crippen molar-refractivity contribution in [3.05, 3.63) is 87.8 Å². The molecule has 0 N–H and O–H groups in total. The molecule has 1 aromatic heterocycles. The van der Waals surface area contributed by atoms with Gasteiger partial charge in [-0.2, -0.15) is 5.10 Å². The quantitative estimate of drug-likeness (QED) is 0.436. The lowest BCUT2D eigenvalue weighted by atomic mass is 10.1. The Hall–Kier alpha value is -2.93. The molecule has 138 valence electrons. The first-order chi connectivity index (χ1) is 13.0. The summed E-state index contributed by atoms with van der Waals surface area (Å²) in [5.41, 5.74) is 1.80. The van der Waals surface area contributed by atoms with Crippen LogP contribution in [0.25, 0.3) is 11.3 Å². The molecule has 0 saturated heterocycles. The van der Waals surface area contributed by atoms with E-state index >= 15 is 0 Å². The summed E-state index contributed by atoms with van der Waals surface area (Å²) < 4.78 is 42.6. The van der Waals surface area contributed by atoms with Crippen molar-refractivity contribution >= 4 is 17.6 Å². The van der Waals surface area contributed by atoms with Crippen LogP contribution in [0.2, 0.25) is 0 Å². The van der Waals surface area contributed by atoms with Gasteiger partial charge in [0.15, 0.2) is 0 Å². The molecule has 7 heteroatoms. The molecule has 0 atom stereocenters. The average molecular weight is 387 g/mol. The number of rotatable bonds is 5. The highest BCUT2D eigenvalue weighted by atomic mass is 32.1. The third kappa shape index (κ3) is 4.43. The molecule has 0 saturated carbocycles. The number of benzene rings is 2. The molecule has 2 aromatic carbocycles. The zero-order valence-corrected chi connectivity index (χ0v) is 15.3. The molecule has 27 heavy (non-hydrogen) atoms. The summed E-state index contributed by atoms with van der Waals surface area (Å²) in [6.45, 7) is 6.04. The second-order valence-electron chi connectivity index (χ2n) is 5.88. The maximum absolute atomic E-state index is 14.2. The van der Waals surface area contributed by atoms with Crippen LogP contribution in [0.1, 0.15) is 12.5 Å². The predicted octanol–water partition coefficient (Wildman–Crippen LogP) is 4.99. The van der Waals surface area contributed by atoms with Gasteiger partial charge in [-0.25, -0.2) is 17.8 Å².